The lowest BCUT2D eigenvalue weighted by atomic mass is 10.1. The lowest BCUT2D eigenvalue weighted by molar-refractivity contribution is 0.0490. The third-order valence-corrected chi connectivity index (χ3v) is 3.18. The number of ketones is 1. The van der Waals surface area contributed by atoms with Crippen LogP contribution in [0.2, 0.25) is 0 Å². The van der Waals surface area contributed by atoms with E-state index in [9.17, 15) is 4.79 Å². The van der Waals surface area contributed by atoms with Crippen LogP contribution in [0.5, 0.6) is 11.5 Å². The number of carbonyl (C=O) groups excluding carboxylic acids is 1. The zero-order valence-corrected chi connectivity index (χ0v) is 13.2. The molecule has 0 bridgehead atoms. The average molecular weight is 311 g/mol. The van der Waals surface area contributed by atoms with Crippen molar-refractivity contribution in [3.8, 4) is 11.5 Å². The number of methoxy groups -OCH3 is 2. The van der Waals surface area contributed by atoms with Gasteiger partial charge >= 0.3 is 0 Å². The fourth-order valence-corrected chi connectivity index (χ4v) is 2.08. The molecule has 0 fully saturated rings. The first-order valence-electron chi connectivity index (χ1n) is 7.09. The first-order chi connectivity index (χ1) is 11.2. The Balaban J connectivity index is 2.26. The zero-order valence-electron chi connectivity index (χ0n) is 13.2. The van der Waals surface area contributed by atoms with Crippen LogP contribution in [0, 0.1) is 6.92 Å². The van der Waals surface area contributed by atoms with Crippen LogP contribution >= 0.6 is 0 Å². The van der Waals surface area contributed by atoms with E-state index in [1.165, 1.54) is 6.08 Å². The van der Waals surface area contributed by atoms with Gasteiger partial charge in [0.25, 0.3) is 0 Å². The molecule has 0 aliphatic heterocycles. The van der Waals surface area contributed by atoms with Crippen molar-refractivity contribution >= 4 is 11.9 Å². The number of ether oxygens (including phenoxy) is 3. The topological polar surface area (TPSA) is 44.8 Å². The van der Waals surface area contributed by atoms with Crippen LogP contribution in [0.1, 0.15) is 21.5 Å². The van der Waals surface area contributed by atoms with Crippen LogP contribution in [0.25, 0.3) is 6.08 Å². The lowest BCUT2D eigenvalue weighted by Gasteiger charge is -2.12. The summed E-state index contributed by atoms with van der Waals surface area (Å²) >= 11 is 0. The van der Waals surface area contributed by atoms with Crippen LogP contribution in [0.15, 0.2) is 48.5 Å². The molecule has 0 unspecified atom stereocenters. The highest BCUT2D eigenvalue weighted by atomic mass is 16.7. The maximum Gasteiger partial charge on any atom is 0.188 e. The maximum absolute atomic E-state index is 12.2. The molecular weight excluding hydrogens is 292 g/mol. The summed E-state index contributed by atoms with van der Waals surface area (Å²) in [4.78, 5) is 12.2. The van der Waals surface area contributed by atoms with Gasteiger partial charge in [0.2, 0.25) is 0 Å². The third-order valence-electron chi connectivity index (χ3n) is 3.18. The molecule has 0 aliphatic rings. The van der Waals surface area contributed by atoms with Gasteiger partial charge in [0, 0.05) is 18.2 Å². The maximum atomic E-state index is 12.2. The molecule has 2 aromatic carbocycles. The molecule has 0 saturated heterocycles. The summed E-state index contributed by atoms with van der Waals surface area (Å²) in [5, 5.41) is 0. The van der Waals surface area contributed by atoms with Crippen molar-refractivity contribution in [3.63, 3.8) is 0 Å². The van der Waals surface area contributed by atoms with Crippen molar-refractivity contribution in [2.24, 2.45) is 0 Å². The Hall–Kier alpha value is -2.59. The fraction of sp³-hybridized carbons (Fsp3) is 0.158. The van der Waals surface area contributed by atoms with E-state index in [1.807, 2.05) is 24.3 Å². The van der Waals surface area contributed by atoms with Crippen LogP contribution < -0.4 is 9.47 Å². The third kappa shape index (κ3) is 4.44. The number of hydrogen-bond acceptors (Lipinski definition) is 4. The van der Waals surface area contributed by atoms with Crippen LogP contribution in [-0.4, -0.2) is 26.8 Å². The highest BCUT2D eigenvalue weighted by Crippen LogP contribution is 2.32. The van der Waals surface area contributed by atoms with E-state index in [2.05, 4.69) is 6.92 Å². The Labute approximate surface area is 136 Å². The van der Waals surface area contributed by atoms with E-state index in [0.29, 0.717) is 17.1 Å². The van der Waals surface area contributed by atoms with Crippen LogP contribution in [0.4, 0.5) is 0 Å². The molecule has 2 rings (SSSR count). The smallest absolute Gasteiger partial charge is 0.188 e. The fourth-order valence-electron chi connectivity index (χ4n) is 2.08. The SMILES string of the molecule is [CH2]c1cccc(C(=O)C=Cc2cccc(OC)c2OCOC)c1. The Morgan fingerprint density at radius 2 is 1.96 bits per heavy atom. The highest BCUT2D eigenvalue weighted by Gasteiger charge is 2.09. The molecule has 1 radical (unpaired) electrons. The van der Waals surface area contributed by atoms with E-state index in [1.54, 1.807) is 38.5 Å². The molecule has 119 valence electrons. The minimum absolute atomic E-state index is 0.0959. The quantitative estimate of drug-likeness (QED) is 0.444. The van der Waals surface area contributed by atoms with Gasteiger partial charge in [0.1, 0.15) is 0 Å². The second-order valence-electron chi connectivity index (χ2n) is 4.83. The minimum Gasteiger partial charge on any atom is -0.493 e. The van der Waals surface area contributed by atoms with E-state index in [-0.39, 0.29) is 12.6 Å². The average Bonchev–Trinajstić information content (AvgIpc) is 2.57. The summed E-state index contributed by atoms with van der Waals surface area (Å²) in [5.41, 5.74) is 2.13. The van der Waals surface area contributed by atoms with Crippen LogP contribution in [0.3, 0.4) is 0 Å². The number of benzene rings is 2. The van der Waals surface area contributed by atoms with Crippen molar-refractivity contribution < 1.29 is 19.0 Å². The van der Waals surface area contributed by atoms with E-state index >= 15 is 0 Å². The van der Waals surface area contributed by atoms with Crippen molar-refractivity contribution in [2.75, 3.05) is 21.0 Å². The normalized spacial score (nSPS) is 10.7. The summed E-state index contributed by atoms with van der Waals surface area (Å²) in [6, 6.07) is 12.6. The molecule has 0 heterocycles. The number of hydrogen-bond donors (Lipinski definition) is 0. The standard InChI is InChI=1S/C19H19O4/c1-14-6-4-8-16(12-14)17(20)11-10-15-7-5-9-18(22-3)19(15)23-13-21-2/h4-12H,1,13H2,2-3H3. The van der Waals surface area contributed by atoms with Gasteiger partial charge in [0.15, 0.2) is 24.1 Å². The molecule has 0 N–H and O–H groups in total. The monoisotopic (exact) mass is 311 g/mol. The molecule has 23 heavy (non-hydrogen) atoms. The van der Waals surface area contributed by atoms with Gasteiger partial charge in [-0.1, -0.05) is 30.3 Å². The summed E-state index contributed by atoms with van der Waals surface area (Å²) in [5.74, 6) is 1.01. The first kappa shape index (κ1) is 16.8. The molecule has 0 saturated carbocycles. The highest BCUT2D eigenvalue weighted by molar-refractivity contribution is 6.07. The van der Waals surface area contributed by atoms with Crippen molar-refractivity contribution in [1.82, 2.24) is 0 Å². The van der Waals surface area contributed by atoms with Gasteiger partial charge in [-0.2, -0.15) is 0 Å². The second-order valence-corrected chi connectivity index (χ2v) is 4.83. The van der Waals surface area contributed by atoms with E-state index in [4.69, 9.17) is 14.2 Å². The zero-order chi connectivity index (χ0) is 16.7. The molecule has 0 atom stereocenters. The number of carbonyl (C=O) groups is 1. The molecule has 0 spiro atoms. The van der Waals surface area contributed by atoms with Crippen molar-refractivity contribution in [1.29, 1.82) is 0 Å². The first-order valence-corrected chi connectivity index (χ1v) is 7.09. The largest absolute Gasteiger partial charge is 0.493 e. The summed E-state index contributed by atoms with van der Waals surface area (Å²) < 4.78 is 15.8. The molecule has 2 aromatic rings. The molecular formula is C19H19O4. The second kappa shape index (κ2) is 8.15. The molecule has 4 nitrogen and oxygen atoms in total. The summed E-state index contributed by atoms with van der Waals surface area (Å²) in [7, 11) is 3.10. The predicted octanol–water partition coefficient (Wildman–Crippen LogP) is 3.76. The van der Waals surface area contributed by atoms with Crippen LogP contribution in [-0.2, 0) is 4.74 Å². The number of para-hydroxylation sites is 1. The molecule has 4 heteroatoms. The van der Waals surface area contributed by atoms with Gasteiger partial charge in [-0.15, -0.1) is 0 Å². The van der Waals surface area contributed by atoms with Gasteiger partial charge in [-0.3, -0.25) is 4.79 Å². The predicted molar refractivity (Wildman–Crippen MR) is 89.8 cm³/mol. The molecule has 0 aromatic heterocycles. The molecule has 0 amide bonds. The number of allylic oxidation sites excluding steroid dienone is 1. The Bertz CT molecular complexity index is 704. The lowest BCUT2D eigenvalue weighted by Crippen LogP contribution is -2.02. The van der Waals surface area contributed by atoms with Gasteiger partial charge in [-0.25, -0.2) is 0 Å². The Morgan fingerprint density at radius 1 is 1.17 bits per heavy atom. The van der Waals surface area contributed by atoms with Gasteiger partial charge in [-0.05, 0) is 36.8 Å². The van der Waals surface area contributed by atoms with Gasteiger partial charge in [0.05, 0.1) is 7.11 Å². The number of rotatable bonds is 7. The summed E-state index contributed by atoms with van der Waals surface area (Å²) in [6.45, 7) is 3.92. The Morgan fingerprint density at radius 3 is 2.65 bits per heavy atom. The van der Waals surface area contributed by atoms with E-state index in [0.717, 1.165) is 11.1 Å². The van der Waals surface area contributed by atoms with E-state index < -0.39 is 0 Å². The van der Waals surface area contributed by atoms with Gasteiger partial charge < -0.3 is 14.2 Å². The minimum atomic E-state index is -0.101. The summed E-state index contributed by atoms with van der Waals surface area (Å²) in [6.07, 6.45) is 3.20. The molecule has 0 aliphatic carbocycles. The van der Waals surface area contributed by atoms with Crippen molar-refractivity contribution in [2.45, 2.75) is 0 Å². The Kier molecular flexibility index (Phi) is 5.94. The van der Waals surface area contributed by atoms with Crippen molar-refractivity contribution in [3.05, 3.63) is 72.2 Å².